The molecule has 0 bridgehead atoms. The second-order valence-corrected chi connectivity index (χ2v) is 11.8. The van der Waals surface area contributed by atoms with Crippen molar-refractivity contribution < 1.29 is 38.1 Å². The molecular formula is C31H46N2O8. The minimum atomic E-state index is -1.23. The summed E-state index contributed by atoms with van der Waals surface area (Å²) >= 11 is 0. The number of carbonyl (C=O) groups excluding carboxylic acids is 3. The van der Waals surface area contributed by atoms with E-state index >= 15 is 0 Å². The summed E-state index contributed by atoms with van der Waals surface area (Å²) in [7, 11) is 6.11. The van der Waals surface area contributed by atoms with Crippen LogP contribution < -0.4 is 14.8 Å². The van der Waals surface area contributed by atoms with Crippen molar-refractivity contribution in [1.29, 1.82) is 0 Å². The molecule has 1 N–H and O–H groups in total. The van der Waals surface area contributed by atoms with Gasteiger partial charge in [-0.1, -0.05) is 26.8 Å². The third-order valence-electron chi connectivity index (χ3n) is 8.04. The molecule has 10 nitrogen and oxygen atoms in total. The van der Waals surface area contributed by atoms with Crippen molar-refractivity contribution in [3.8, 4) is 11.5 Å². The van der Waals surface area contributed by atoms with Crippen LogP contribution in [0.2, 0.25) is 0 Å². The summed E-state index contributed by atoms with van der Waals surface area (Å²) in [5.41, 5.74) is 0.0132. The van der Waals surface area contributed by atoms with Gasteiger partial charge in [-0.3, -0.25) is 14.4 Å². The normalized spacial score (nSPS) is 24.3. The maximum absolute atomic E-state index is 14.1. The standard InChI is InChI=1S/C31H46N2O8/c1-20-31(29(36)40-8)19-22(17-27(34)32-13-9-15-37-5)28(35)33(25(31)18-26(41-20)30(2,3)4)14-12-21-10-11-23(38-6)24(16-21)39-7/h10-11,16,18,20,22,26H,9,12-15,17,19H2,1-8H3,(H,32,34)/t20-,22+,26-,31+/m1/s1. The van der Waals surface area contributed by atoms with Crippen molar-refractivity contribution >= 4 is 17.8 Å². The lowest BCUT2D eigenvalue weighted by molar-refractivity contribution is -0.180. The maximum Gasteiger partial charge on any atom is 0.320 e. The maximum atomic E-state index is 14.1. The van der Waals surface area contributed by atoms with Crippen LogP contribution in [0.15, 0.2) is 30.0 Å². The summed E-state index contributed by atoms with van der Waals surface area (Å²) < 4.78 is 27.7. The number of methoxy groups -OCH3 is 4. The molecule has 0 radical (unpaired) electrons. The first-order valence-corrected chi connectivity index (χ1v) is 14.2. The fourth-order valence-electron chi connectivity index (χ4n) is 5.69. The number of hydrogen-bond donors (Lipinski definition) is 1. The Morgan fingerprint density at radius 1 is 1.12 bits per heavy atom. The van der Waals surface area contributed by atoms with Gasteiger partial charge in [0, 0.05) is 44.8 Å². The summed E-state index contributed by atoms with van der Waals surface area (Å²) in [5, 5.41) is 2.87. The van der Waals surface area contributed by atoms with Crippen LogP contribution in [0, 0.1) is 16.7 Å². The lowest BCUT2D eigenvalue weighted by atomic mass is 9.65. The Balaban J connectivity index is 2.01. The summed E-state index contributed by atoms with van der Waals surface area (Å²) in [6, 6.07) is 5.63. The number of amides is 2. The first-order valence-electron chi connectivity index (χ1n) is 14.2. The third-order valence-corrected chi connectivity index (χ3v) is 8.04. The van der Waals surface area contributed by atoms with Crippen LogP contribution in [0.4, 0.5) is 0 Å². The van der Waals surface area contributed by atoms with E-state index in [0.717, 1.165) is 5.56 Å². The first-order chi connectivity index (χ1) is 19.4. The number of piperidine rings is 1. The zero-order valence-corrected chi connectivity index (χ0v) is 25.7. The van der Waals surface area contributed by atoms with Crippen LogP contribution in [-0.4, -0.2) is 83.0 Å². The second-order valence-electron chi connectivity index (χ2n) is 11.8. The van der Waals surface area contributed by atoms with Gasteiger partial charge in [-0.2, -0.15) is 0 Å². The molecule has 0 saturated carbocycles. The van der Waals surface area contributed by atoms with E-state index in [1.165, 1.54) is 7.11 Å². The highest BCUT2D eigenvalue weighted by Crippen LogP contribution is 2.51. The van der Waals surface area contributed by atoms with Gasteiger partial charge in [-0.15, -0.1) is 0 Å². The van der Waals surface area contributed by atoms with Gasteiger partial charge in [0.1, 0.15) is 5.41 Å². The van der Waals surface area contributed by atoms with E-state index in [9.17, 15) is 14.4 Å². The van der Waals surface area contributed by atoms with Crippen LogP contribution in [0.3, 0.4) is 0 Å². The second kappa shape index (κ2) is 13.7. The third kappa shape index (κ3) is 7.04. The Bertz CT molecular complexity index is 1130. The van der Waals surface area contributed by atoms with Crippen LogP contribution in [0.1, 0.15) is 52.5 Å². The number of esters is 1. The Hall–Kier alpha value is -3.11. The molecule has 0 unspecified atom stereocenters. The molecule has 3 rings (SSSR count). The van der Waals surface area contributed by atoms with Crippen LogP contribution in [-0.2, 0) is 35.0 Å². The Labute approximate surface area is 243 Å². The molecule has 0 spiro atoms. The molecule has 1 saturated heterocycles. The molecular weight excluding hydrogens is 528 g/mol. The first kappa shape index (κ1) is 32.4. The van der Waals surface area contributed by atoms with E-state index in [0.29, 0.717) is 49.7 Å². The van der Waals surface area contributed by atoms with Crippen molar-refractivity contribution in [2.75, 3.05) is 48.1 Å². The summed E-state index contributed by atoms with van der Waals surface area (Å²) in [4.78, 5) is 42.3. The molecule has 41 heavy (non-hydrogen) atoms. The topological polar surface area (TPSA) is 113 Å². The fourth-order valence-corrected chi connectivity index (χ4v) is 5.69. The van der Waals surface area contributed by atoms with Crippen LogP contribution in [0.5, 0.6) is 11.5 Å². The van der Waals surface area contributed by atoms with E-state index in [1.54, 1.807) is 26.2 Å². The number of nitrogens with one attached hydrogen (secondary N) is 1. The molecule has 1 aromatic carbocycles. The number of fused-ring (bicyclic) bond motifs is 1. The number of ether oxygens (including phenoxy) is 5. The van der Waals surface area contributed by atoms with Crippen molar-refractivity contribution in [2.45, 2.75) is 65.6 Å². The molecule has 2 amide bonds. The van der Waals surface area contributed by atoms with Crippen molar-refractivity contribution in [1.82, 2.24) is 10.2 Å². The zero-order chi connectivity index (χ0) is 30.4. The molecule has 10 heteroatoms. The van der Waals surface area contributed by atoms with Crippen molar-refractivity contribution in [3.05, 3.63) is 35.5 Å². The number of benzene rings is 1. The smallest absolute Gasteiger partial charge is 0.320 e. The number of rotatable bonds is 12. The number of hydrogen-bond acceptors (Lipinski definition) is 8. The van der Waals surface area contributed by atoms with E-state index < -0.39 is 23.4 Å². The Morgan fingerprint density at radius 2 is 1.83 bits per heavy atom. The average molecular weight is 575 g/mol. The molecule has 0 aliphatic carbocycles. The lowest BCUT2D eigenvalue weighted by Crippen LogP contribution is -2.61. The van der Waals surface area contributed by atoms with Gasteiger partial charge < -0.3 is 33.9 Å². The molecule has 4 atom stereocenters. The largest absolute Gasteiger partial charge is 0.493 e. The van der Waals surface area contributed by atoms with Crippen LogP contribution in [0.25, 0.3) is 0 Å². The van der Waals surface area contributed by atoms with E-state index in [-0.39, 0.29) is 36.2 Å². The molecule has 2 aliphatic rings. The van der Waals surface area contributed by atoms with Crippen LogP contribution >= 0.6 is 0 Å². The predicted octanol–water partition coefficient (Wildman–Crippen LogP) is 3.51. The van der Waals surface area contributed by atoms with Gasteiger partial charge >= 0.3 is 5.97 Å². The monoisotopic (exact) mass is 574 g/mol. The lowest BCUT2D eigenvalue weighted by Gasteiger charge is -2.53. The average Bonchev–Trinajstić information content (AvgIpc) is 2.94. The number of nitrogens with zero attached hydrogens (tertiary/aromatic N) is 1. The molecule has 1 fully saturated rings. The molecule has 2 heterocycles. The molecule has 1 aromatic rings. The molecule has 0 aromatic heterocycles. The Kier molecular flexibility index (Phi) is 10.8. The van der Waals surface area contributed by atoms with Crippen molar-refractivity contribution in [2.24, 2.45) is 16.7 Å². The highest BCUT2D eigenvalue weighted by Gasteiger charge is 2.60. The number of carbonyl (C=O) groups is 3. The molecule has 2 aliphatic heterocycles. The zero-order valence-electron chi connectivity index (χ0n) is 25.7. The van der Waals surface area contributed by atoms with E-state index in [4.69, 9.17) is 23.7 Å². The summed E-state index contributed by atoms with van der Waals surface area (Å²) in [6.07, 6.45) is 2.23. The minimum Gasteiger partial charge on any atom is -0.493 e. The van der Waals surface area contributed by atoms with Gasteiger partial charge in [-0.05, 0) is 55.4 Å². The number of likely N-dealkylation sites (tertiary alicyclic amines) is 1. The van der Waals surface area contributed by atoms with Crippen molar-refractivity contribution in [3.63, 3.8) is 0 Å². The van der Waals surface area contributed by atoms with Gasteiger partial charge in [0.15, 0.2) is 11.5 Å². The van der Waals surface area contributed by atoms with Gasteiger partial charge in [-0.25, -0.2) is 0 Å². The van der Waals surface area contributed by atoms with Gasteiger partial charge in [0.05, 0.1) is 33.5 Å². The highest BCUT2D eigenvalue weighted by atomic mass is 16.5. The summed E-state index contributed by atoms with van der Waals surface area (Å²) in [5.74, 6) is -0.433. The minimum absolute atomic E-state index is 0.0415. The van der Waals surface area contributed by atoms with E-state index in [2.05, 4.69) is 26.1 Å². The predicted molar refractivity (Wildman–Crippen MR) is 154 cm³/mol. The SMILES string of the molecule is COCCCNC(=O)C[C@H]1C[C@@]2(C(=O)OC)C(=C[C@H](C(C)(C)C)O[C@@H]2C)N(CCc2ccc(OC)c(OC)c2)C1=O. The Morgan fingerprint density at radius 3 is 2.44 bits per heavy atom. The fraction of sp³-hybridized carbons (Fsp3) is 0.645. The van der Waals surface area contributed by atoms with Gasteiger partial charge in [0.25, 0.3) is 0 Å². The summed E-state index contributed by atoms with van der Waals surface area (Å²) in [6.45, 7) is 9.29. The quantitative estimate of drug-likeness (QED) is 0.298. The highest BCUT2D eigenvalue weighted by molar-refractivity contribution is 5.92. The van der Waals surface area contributed by atoms with Gasteiger partial charge in [0.2, 0.25) is 11.8 Å². The van der Waals surface area contributed by atoms with E-state index in [1.807, 2.05) is 31.2 Å². The molecule has 228 valence electrons.